The van der Waals surface area contributed by atoms with Gasteiger partial charge in [-0.15, -0.1) is 0 Å². The Kier molecular flexibility index (Phi) is 8.99. The van der Waals surface area contributed by atoms with Gasteiger partial charge < -0.3 is 10.1 Å². The number of carbonyl (C=O) groups excluding carboxylic acids is 1. The van der Waals surface area contributed by atoms with Gasteiger partial charge in [-0.25, -0.2) is 0 Å². The predicted molar refractivity (Wildman–Crippen MR) is 87.3 cm³/mol. The minimum Gasteiger partial charge on any atom is -0.484 e. The zero-order valence-electron chi connectivity index (χ0n) is 10.8. The highest BCUT2D eigenvalue weighted by molar-refractivity contribution is 14.1. The number of hydrogen-bond donors (Lipinski definition) is 1. The summed E-state index contributed by atoms with van der Waals surface area (Å²) in [7, 11) is 0. The summed E-state index contributed by atoms with van der Waals surface area (Å²) in [5, 5.41) is 3.51. The molecule has 106 valence electrons. The van der Waals surface area contributed by atoms with Crippen LogP contribution < -0.4 is 10.1 Å². The molecule has 0 aliphatic carbocycles. The van der Waals surface area contributed by atoms with Crippen molar-refractivity contribution < 1.29 is 9.53 Å². The van der Waals surface area contributed by atoms with Gasteiger partial charge in [-0.3, -0.25) is 4.79 Å². The van der Waals surface area contributed by atoms with Gasteiger partial charge >= 0.3 is 0 Å². The van der Waals surface area contributed by atoms with Gasteiger partial charge in [0.1, 0.15) is 5.75 Å². The number of hydrogen-bond acceptors (Lipinski definition) is 2. The topological polar surface area (TPSA) is 38.3 Å². The highest BCUT2D eigenvalue weighted by Gasteiger charge is 2.02. The van der Waals surface area contributed by atoms with Crippen LogP contribution in [0.5, 0.6) is 5.75 Å². The number of amides is 1. The number of halogens is 2. The van der Waals surface area contributed by atoms with Gasteiger partial charge in [0.15, 0.2) is 6.61 Å². The summed E-state index contributed by atoms with van der Waals surface area (Å²) in [6.45, 7) is 0.777. The van der Waals surface area contributed by atoms with Crippen LogP contribution in [0.25, 0.3) is 0 Å². The van der Waals surface area contributed by atoms with Crippen molar-refractivity contribution in [1.82, 2.24) is 5.32 Å². The molecule has 0 atom stereocenters. The minimum atomic E-state index is -0.0798. The van der Waals surface area contributed by atoms with E-state index in [-0.39, 0.29) is 12.5 Å². The Bertz CT molecular complexity index is 370. The van der Waals surface area contributed by atoms with Crippen molar-refractivity contribution >= 4 is 40.1 Å². The quantitative estimate of drug-likeness (QED) is 0.392. The van der Waals surface area contributed by atoms with E-state index in [2.05, 4.69) is 27.9 Å². The molecule has 0 aliphatic heterocycles. The maximum atomic E-state index is 11.5. The van der Waals surface area contributed by atoms with Crippen LogP contribution in [0, 0.1) is 0 Å². The number of alkyl halides is 1. The molecule has 1 rings (SSSR count). The third kappa shape index (κ3) is 8.31. The first-order chi connectivity index (χ1) is 9.22. The van der Waals surface area contributed by atoms with Gasteiger partial charge in [0, 0.05) is 11.6 Å². The molecule has 5 heteroatoms. The second kappa shape index (κ2) is 10.3. The van der Waals surface area contributed by atoms with E-state index in [0.29, 0.717) is 10.8 Å². The molecule has 0 aromatic heterocycles. The van der Waals surface area contributed by atoms with Crippen LogP contribution in [0.3, 0.4) is 0 Å². The van der Waals surface area contributed by atoms with Gasteiger partial charge in [0.25, 0.3) is 5.91 Å². The van der Waals surface area contributed by atoms with E-state index >= 15 is 0 Å². The Morgan fingerprint density at radius 1 is 1.16 bits per heavy atom. The van der Waals surface area contributed by atoms with Crippen molar-refractivity contribution in [3.05, 3.63) is 29.3 Å². The first kappa shape index (κ1) is 16.6. The van der Waals surface area contributed by atoms with Crippen LogP contribution in [0.4, 0.5) is 0 Å². The Hall–Kier alpha value is -0.490. The zero-order valence-corrected chi connectivity index (χ0v) is 13.7. The van der Waals surface area contributed by atoms with Crippen molar-refractivity contribution in [3.8, 4) is 5.75 Å². The van der Waals surface area contributed by atoms with Crippen molar-refractivity contribution in [2.24, 2.45) is 0 Å². The van der Waals surface area contributed by atoms with Gasteiger partial charge in [0.05, 0.1) is 0 Å². The van der Waals surface area contributed by atoms with E-state index in [4.69, 9.17) is 16.3 Å². The Morgan fingerprint density at radius 3 is 2.53 bits per heavy atom. The summed E-state index contributed by atoms with van der Waals surface area (Å²) in [4.78, 5) is 11.5. The molecule has 1 aromatic rings. The zero-order chi connectivity index (χ0) is 13.9. The number of unbranched alkanes of at least 4 members (excludes halogenated alkanes) is 3. The molecule has 0 unspecified atom stereocenters. The third-order valence-electron chi connectivity index (χ3n) is 2.57. The van der Waals surface area contributed by atoms with E-state index in [1.165, 1.54) is 23.7 Å². The molecule has 1 aromatic carbocycles. The van der Waals surface area contributed by atoms with E-state index in [0.717, 1.165) is 13.0 Å². The monoisotopic (exact) mass is 395 g/mol. The van der Waals surface area contributed by atoms with Crippen LogP contribution in [0.1, 0.15) is 25.7 Å². The normalized spacial score (nSPS) is 10.2. The van der Waals surface area contributed by atoms with Gasteiger partial charge in [-0.1, -0.05) is 47.0 Å². The van der Waals surface area contributed by atoms with E-state index in [9.17, 15) is 4.79 Å². The van der Waals surface area contributed by atoms with Gasteiger partial charge in [-0.2, -0.15) is 0 Å². The first-order valence-electron chi connectivity index (χ1n) is 6.43. The van der Waals surface area contributed by atoms with Gasteiger partial charge in [0.2, 0.25) is 0 Å². The lowest BCUT2D eigenvalue weighted by atomic mass is 10.2. The second-order valence-electron chi connectivity index (χ2n) is 4.20. The van der Waals surface area contributed by atoms with Crippen LogP contribution in [0.2, 0.25) is 5.02 Å². The van der Waals surface area contributed by atoms with Crippen LogP contribution in [0.15, 0.2) is 24.3 Å². The lowest BCUT2D eigenvalue weighted by Gasteiger charge is -2.07. The largest absolute Gasteiger partial charge is 0.484 e. The number of nitrogens with one attached hydrogen (secondary N) is 1. The minimum absolute atomic E-state index is 0.0510. The smallest absolute Gasteiger partial charge is 0.257 e. The van der Waals surface area contributed by atoms with Crippen molar-refractivity contribution in [2.75, 3.05) is 17.6 Å². The average molecular weight is 396 g/mol. The van der Waals surface area contributed by atoms with Gasteiger partial charge in [-0.05, 0) is 41.5 Å². The Labute approximate surface area is 133 Å². The summed E-state index contributed by atoms with van der Waals surface area (Å²) in [5.74, 6) is 0.574. The number of ether oxygens (including phenoxy) is 1. The standard InChI is InChI=1S/C14H19ClINO2/c15-12-5-7-13(8-6-12)19-11-14(18)17-10-4-2-1-3-9-16/h5-8H,1-4,9-11H2,(H,17,18). The molecule has 0 saturated carbocycles. The van der Waals surface area contributed by atoms with Crippen molar-refractivity contribution in [1.29, 1.82) is 0 Å². The SMILES string of the molecule is O=C(COc1ccc(Cl)cc1)NCCCCCCI. The summed E-state index contributed by atoms with van der Waals surface area (Å²) in [6, 6.07) is 6.98. The highest BCUT2D eigenvalue weighted by atomic mass is 127. The van der Waals surface area contributed by atoms with Crippen molar-refractivity contribution in [2.45, 2.75) is 25.7 Å². The lowest BCUT2D eigenvalue weighted by Crippen LogP contribution is -2.29. The fourth-order valence-corrected chi connectivity index (χ4v) is 2.20. The van der Waals surface area contributed by atoms with Crippen LogP contribution in [-0.2, 0) is 4.79 Å². The summed E-state index contributed by atoms with van der Waals surface area (Å²) >= 11 is 8.14. The molecule has 3 nitrogen and oxygen atoms in total. The summed E-state index contributed by atoms with van der Waals surface area (Å²) < 4.78 is 6.55. The molecule has 0 fully saturated rings. The molecule has 1 amide bonds. The molecule has 19 heavy (non-hydrogen) atoms. The van der Waals surface area contributed by atoms with Crippen LogP contribution in [-0.4, -0.2) is 23.5 Å². The van der Waals surface area contributed by atoms with E-state index in [1.807, 2.05) is 0 Å². The summed E-state index contributed by atoms with van der Waals surface area (Å²) in [6.07, 6.45) is 4.69. The Morgan fingerprint density at radius 2 is 1.84 bits per heavy atom. The molecule has 0 spiro atoms. The summed E-state index contributed by atoms with van der Waals surface area (Å²) in [5.41, 5.74) is 0. The molecular formula is C14H19ClINO2. The molecule has 0 saturated heterocycles. The predicted octanol–water partition coefficient (Wildman–Crippen LogP) is 3.83. The maximum absolute atomic E-state index is 11.5. The fraction of sp³-hybridized carbons (Fsp3) is 0.500. The van der Waals surface area contributed by atoms with E-state index < -0.39 is 0 Å². The second-order valence-corrected chi connectivity index (χ2v) is 5.71. The molecule has 0 radical (unpaired) electrons. The van der Waals surface area contributed by atoms with Crippen LogP contribution >= 0.6 is 34.2 Å². The molecular weight excluding hydrogens is 377 g/mol. The maximum Gasteiger partial charge on any atom is 0.257 e. The molecule has 0 heterocycles. The first-order valence-corrected chi connectivity index (χ1v) is 8.34. The Balaban J connectivity index is 2.06. The number of carbonyl (C=O) groups is 1. The highest BCUT2D eigenvalue weighted by Crippen LogP contribution is 2.15. The van der Waals surface area contributed by atoms with E-state index in [1.54, 1.807) is 24.3 Å². The third-order valence-corrected chi connectivity index (χ3v) is 3.58. The molecule has 0 aliphatic rings. The number of benzene rings is 1. The average Bonchev–Trinajstić information content (AvgIpc) is 2.42. The fourth-order valence-electron chi connectivity index (χ4n) is 1.53. The molecule has 0 bridgehead atoms. The van der Waals surface area contributed by atoms with Crippen molar-refractivity contribution in [3.63, 3.8) is 0 Å². The lowest BCUT2D eigenvalue weighted by molar-refractivity contribution is -0.123. The molecule has 1 N–H and O–H groups in total. The number of rotatable bonds is 9.